The second-order valence-electron chi connectivity index (χ2n) is 5.17. The first-order valence-electron chi connectivity index (χ1n) is 6.88. The molecule has 3 heterocycles. The van der Waals surface area contributed by atoms with Crippen LogP contribution in [0.1, 0.15) is 12.7 Å². The molecule has 3 rings (SSSR count). The maximum Gasteiger partial charge on any atom is 0.214 e. The third-order valence-corrected chi connectivity index (χ3v) is 5.50. The van der Waals surface area contributed by atoms with Gasteiger partial charge in [-0.05, 0) is 6.92 Å². The molecule has 1 aliphatic rings. The van der Waals surface area contributed by atoms with Crippen molar-refractivity contribution in [1.29, 1.82) is 0 Å². The molecular weight excluding hydrogens is 292 g/mol. The number of sulfonamides is 1. The lowest BCUT2D eigenvalue weighted by molar-refractivity contribution is 0.302. The van der Waals surface area contributed by atoms with E-state index in [4.69, 9.17) is 0 Å². The topological polar surface area (TPSA) is 85.9 Å². The van der Waals surface area contributed by atoms with Crippen LogP contribution in [0.2, 0.25) is 0 Å². The van der Waals surface area contributed by atoms with Gasteiger partial charge in [0.05, 0.1) is 12.3 Å². The van der Waals surface area contributed by atoms with E-state index in [1.165, 1.54) is 10.6 Å². The van der Waals surface area contributed by atoms with Crippen molar-refractivity contribution < 1.29 is 8.42 Å². The number of aromatic nitrogens is 5. The monoisotopic (exact) mass is 310 g/mol. The first kappa shape index (κ1) is 14.2. The largest absolute Gasteiger partial charge is 0.333 e. The minimum absolute atomic E-state index is 0.101. The van der Waals surface area contributed by atoms with Crippen molar-refractivity contribution in [1.82, 2.24) is 28.6 Å². The molecule has 0 saturated carbocycles. The Morgan fingerprint density at radius 3 is 2.95 bits per heavy atom. The Morgan fingerprint density at radius 1 is 1.38 bits per heavy atom. The Balaban J connectivity index is 1.88. The van der Waals surface area contributed by atoms with E-state index >= 15 is 0 Å². The van der Waals surface area contributed by atoms with Gasteiger partial charge < -0.3 is 4.57 Å². The van der Waals surface area contributed by atoms with Crippen molar-refractivity contribution in [3.63, 3.8) is 0 Å². The summed E-state index contributed by atoms with van der Waals surface area (Å²) in [5.74, 6) is 1.01. The molecule has 0 aromatic carbocycles. The molecule has 0 bridgehead atoms. The van der Waals surface area contributed by atoms with Gasteiger partial charge in [0.25, 0.3) is 0 Å². The highest BCUT2D eigenvalue weighted by molar-refractivity contribution is 7.89. The quantitative estimate of drug-likeness (QED) is 0.791. The summed E-state index contributed by atoms with van der Waals surface area (Å²) in [6.45, 7) is 3.83. The number of fused-ring (bicyclic) bond motifs is 1. The fourth-order valence-corrected chi connectivity index (χ4v) is 3.72. The zero-order valence-corrected chi connectivity index (χ0v) is 12.6. The first-order chi connectivity index (χ1) is 10.1. The van der Waals surface area contributed by atoms with Gasteiger partial charge in [0, 0.05) is 37.9 Å². The van der Waals surface area contributed by atoms with Crippen LogP contribution in [0.4, 0.5) is 0 Å². The van der Waals surface area contributed by atoms with Gasteiger partial charge in [-0.15, -0.1) is 0 Å². The van der Waals surface area contributed by atoms with Gasteiger partial charge in [0.15, 0.2) is 0 Å². The lowest BCUT2D eigenvalue weighted by atomic mass is 10.1. The fourth-order valence-electron chi connectivity index (χ4n) is 2.61. The maximum absolute atomic E-state index is 12.2. The van der Waals surface area contributed by atoms with Crippen LogP contribution < -0.4 is 0 Å². The lowest BCUT2D eigenvalue weighted by Gasteiger charge is -2.22. The Morgan fingerprint density at radius 2 is 2.24 bits per heavy atom. The molecular formula is C12H18N6O2S. The maximum atomic E-state index is 12.2. The van der Waals surface area contributed by atoms with Gasteiger partial charge in [-0.1, -0.05) is 0 Å². The average Bonchev–Trinajstić information content (AvgIpc) is 3.08. The molecule has 0 N–H and O–H groups in total. The van der Waals surface area contributed by atoms with Crippen LogP contribution in [0.25, 0.3) is 0 Å². The second kappa shape index (κ2) is 5.57. The summed E-state index contributed by atoms with van der Waals surface area (Å²) in [6.07, 6.45) is 6.74. The molecule has 9 heteroatoms. The van der Waals surface area contributed by atoms with Crippen LogP contribution in [0.5, 0.6) is 0 Å². The Labute approximate surface area is 123 Å². The molecule has 2 aromatic heterocycles. The molecule has 1 atom stereocenters. The van der Waals surface area contributed by atoms with E-state index in [0.717, 1.165) is 12.4 Å². The third-order valence-electron chi connectivity index (χ3n) is 3.71. The van der Waals surface area contributed by atoms with Crippen LogP contribution in [0.15, 0.2) is 25.0 Å². The Bertz CT molecular complexity index is 693. The predicted octanol–water partition coefficient (Wildman–Crippen LogP) is -0.0437. The van der Waals surface area contributed by atoms with Gasteiger partial charge >= 0.3 is 0 Å². The highest BCUT2D eigenvalue weighted by Crippen LogP contribution is 2.19. The predicted molar refractivity (Wildman–Crippen MR) is 75.6 cm³/mol. The molecule has 114 valence electrons. The molecule has 0 unspecified atom stereocenters. The van der Waals surface area contributed by atoms with Gasteiger partial charge in [-0.2, -0.15) is 9.40 Å². The van der Waals surface area contributed by atoms with Gasteiger partial charge in [0.2, 0.25) is 10.0 Å². The van der Waals surface area contributed by atoms with Crippen LogP contribution in [0, 0.1) is 5.92 Å². The normalized spacial score (nSPS) is 20.1. The van der Waals surface area contributed by atoms with E-state index in [0.29, 0.717) is 19.6 Å². The van der Waals surface area contributed by atoms with Crippen molar-refractivity contribution >= 4 is 10.0 Å². The molecule has 1 aliphatic heterocycles. The second-order valence-corrected chi connectivity index (χ2v) is 7.43. The molecule has 21 heavy (non-hydrogen) atoms. The van der Waals surface area contributed by atoms with Crippen LogP contribution in [-0.4, -0.2) is 49.3 Å². The van der Waals surface area contributed by atoms with Gasteiger partial charge in [-0.3, -0.25) is 4.68 Å². The zero-order valence-electron chi connectivity index (χ0n) is 11.8. The van der Waals surface area contributed by atoms with Crippen LogP contribution in [0.3, 0.4) is 0 Å². The van der Waals surface area contributed by atoms with Crippen molar-refractivity contribution in [3.8, 4) is 0 Å². The number of hydrogen-bond donors (Lipinski definition) is 0. The molecule has 0 radical (unpaired) electrons. The molecule has 0 aliphatic carbocycles. The smallest absolute Gasteiger partial charge is 0.214 e. The summed E-state index contributed by atoms with van der Waals surface area (Å²) in [4.78, 5) is 8.20. The minimum atomic E-state index is -3.24. The number of imidazole rings is 1. The number of nitrogens with zero attached hydrogens (tertiary/aromatic N) is 6. The average molecular weight is 310 g/mol. The molecule has 0 saturated heterocycles. The summed E-state index contributed by atoms with van der Waals surface area (Å²) in [5, 5.41) is 4.10. The molecule has 0 fully saturated rings. The number of hydrogen-bond acceptors (Lipinski definition) is 5. The van der Waals surface area contributed by atoms with E-state index in [1.54, 1.807) is 24.1 Å². The third kappa shape index (κ3) is 2.98. The van der Waals surface area contributed by atoms with Crippen molar-refractivity contribution in [2.45, 2.75) is 26.6 Å². The summed E-state index contributed by atoms with van der Waals surface area (Å²) >= 11 is 0. The minimum Gasteiger partial charge on any atom is -0.333 e. The van der Waals surface area contributed by atoms with Gasteiger partial charge in [-0.25, -0.2) is 18.4 Å². The lowest BCUT2D eigenvalue weighted by Crippen LogP contribution is -2.36. The summed E-state index contributed by atoms with van der Waals surface area (Å²) in [7, 11) is -3.24. The van der Waals surface area contributed by atoms with E-state index in [9.17, 15) is 8.42 Å². The molecule has 2 aromatic rings. The molecule has 8 nitrogen and oxygen atoms in total. The molecule has 0 spiro atoms. The Kier molecular flexibility index (Phi) is 3.77. The standard InChI is InChI=1S/C12H18N6O2S/c1-2-21(19,20)18-7-11(6-17-10-13-9-15-17)5-16-4-3-14-12(16)8-18/h3-4,9-11H,2,5-8H2,1H3/t11-/m1/s1. The van der Waals surface area contributed by atoms with Gasteiger partial charge in [0.1, 0.15) is 18.5 Å². The highest BCUT2D eigenvalue weighted by atomic mass is 32.2. The number of rotatable bonds is 4. The SMILES string of the molecule is CCS(=O)(=O)N1Cc2nccn2C[C@H](Cn2cncn2)C1. The van der Waals surface area contributed by atoms with Crippen molar-refractivity contribution in [2.24, 2.45) is 5.92 Å². The highest BCUT2D eigenvalue weighted by Gasteiger charge is 2.29. The van der Waals surface area contributed by atoms with E-state index in [1.807, 2.05) is 10.8 Å². The first-order valence-corrected chi connectivity index (χ1v) is 8.49. The van der Waals surface area contributed by atoms with E-state index < -0.39 is 10.0 Å². The zero-order chi connectivity index (χ0) is 14.9. The van der Waals surface area contributed by atoms with Crippen molar-refractivity contribution in [3.05, 3.63) is 30.9 Å². The van der Waals surface area contributed by atoms with E-state index in [-0.39, 0.29) is 11.7 Å². The van der Waals surface area contributed by atoms with Crippen LogP contribution in [-0.2, 0) is 29.7 Å². The molecule has 0 amide bonds. The Hall–Kier alpha value is -1.74. The summed E-state index contributed by atoms with van der Waals surface area (Å²) in [6, 6.07) is 0. The summed E-state index contributed by atoms with van der Waals surface area (Å²) < 4.78 is 29.8. The van der Waals surface area contributed by atoms with Crippen molar-refractivity contribution in [2.75, 3.05) is 12.3 Å². The summed E-state index contributed by atoms with van der Waals surface area (Å²) in [5.41, 5.74) is 0. The van der Waals surface area contributed by atoms with E-state index in [2.05, 4.69) is 15.1 Å². The fraction of sp³-hybridized carbons (Fsp3) is 0.583. The van der Waals surface area contributed by atoms with Crippen LogP contribution >= 0.6 is 0 Å².